The van der Waals surface area contributed by atoms with Crippen molar-refractivity contribution in [2.45, 2.75) is 0 Å². The van der Waals surface area contributed by atoms with Gasteiger partial charge in [-0.15, -0.1) is 0 Å². The van der Waals surface area contributed by atoms with E-state index < -0.39 is 0 Å². The molecule has 1 aromatic heterocycles. The molecule has 0 bridgehead atoms. The molecule has 0 aromatic carbocycles. The molecule has 0 saturated carbocycles. The second-order valence-corrected chi connectivity index (χ2v) is 3.98. The van der Waals surface area contributed by atoms with Gasteiger partial charge in [0.05, 0.1) is 18.0 Å². The van der Waals surface area contributed by atoms with Crippen LogP contribution in [-0.2, 0) is 0 Å². The summed E-state index contributed by atoms with van der Waals surface area (Å²) < 4.78 is 0. The zero-order chi connectivity index (χ0) is 11.9. The van der Waals surface area contributed by atoms with E-state index in [1.165, 1.54) is 12.4 Å². The zero-order valence-corrected chi connectivity index (χ0v) is 9.72. The second-order valence-electron chi connectivity index (χ2n) is 3.98. The van der Waals surface area contributed by atoms with Gasteiger partial charge in [0.1, 0.15) is 0 Å². The van der Waals surface area contributed by atoms with Gasteiger partial charge in [-0.2, -0.15) is 10.2 Å². The van der Waals surface area contributed by atoms with Gasteiger partial charge >= 0.3 is 0 Å². The normalized spacial score (nSPS) is 16.7. The van der Waals surface area contributed by atoms with Crippen LogP contribution in [0.15, 0.2) is 18.5 Å². The van der Waals surface area contributed by atoms with Gasteiger partial charge in [-0.3, -0.25) is 9.69 Å². The molecule has 6 heteroatoms. The molecular formula is C11H17N5O. The summed E-state index contributed by atoms with van der Waals surface area (Å²) in [6, 6.07) is 1.66. The lowest BCUT2D eigenvalue weighted by Crippen LogP contribution is -2.46. The van der Waals surface area contributed by atoms with Crippen molar-refractivity contribution in [3.8, 4) is 0 Å². The smallest absolute Gasteiger partial charge is 0.253 e. The van der Waals surface area contributed by atoms with Crippen LogP contribution in [0.4, 0.5) is 0 Å². The Morgan fingerprint density at radius 1 is 1.41 bits per heavy atom. The van der Waals surface area contributed by atoms with E-state index in [1.807, 2.05) is 0 Å². The molecule has 0 unspecified atom stereocenters. The summed E-state index contributed by atoms with van der Waals surface area (Å²) in [4.78, 5) is 14.0. The highest BCUT2D eigenvalue weighted by Gasteiger charge is 2.10. The monoisotopic (exact) mass is 235 g/mol. The van der Waals surface area contributed by atoms with Gasteiger partial charge in [-0.25, -0.2) is 0 Å². The first-order chi connectivity index (χ1) is 8.36. The third-order valence-corrected chi connectivity index (χ3v) is 2.77. The molecule has 17 heavy (non-hydrogen) atoms. The summed E-state index contributed by atoms with van der Waals surface area (Å²) in [5.41, 5.74) is 0.556. The number of carbonyl (C=O) groups excluding carboxylic acids is 1. The van der Waals surface area contributed by atoms with Gasteiger partial charge in [-0.05, 0) is 6.07 Å². The number of nitrogens with one attached hydrogen (secondary N) is 2. The summed E-state index contributed by atoms with van der Waals surface area (Å²) in [5.74, 6) is -0.0879. The third-order valence-electron chi connectivity index (χ3n) is 2.77. The van der Waals surface area contributed by atoms with Crippen molar-refractivity contribution in [3.63, 3.8) is 0 Å². The third kappa shape index (κ3) is 3.76. The quantitative estimate of drug-likeness (QED) is 0.708. The van der Waals surface area contributed by atoms with E-state index in [2.05, 4.69) is 25.7 Å². The fraction of sp³-hybridized carbons (Fsp3) is 0.545. The fourth-order valence-corrected chi connectivity index (χ4v) is 1.79. The molecule has 1 aliphatic heterocycles. The van der Waals surface area contributed by atoms with Crippen molar-refractivity contribution >= 4 is 5.91 Å². The first-order valence-electron chi connectivity index (χ1n) is 5.84. The Balaban J connectivity index is 1.69. The number of carbonyl (C=O) groups is 1. The lowest BCUT2D eigenvalue weighted by molar-refractivity contribution is 0.0946. The van der Waals surface area contributed by atoms with Gasteiger partial charge in [0, 0.05) is 39.3 Å². The van der Waals surface area contributed by atoms with E-state index in [-0.39, 0.29) is 5.91 Å². The topological polar surface area (TPSA) is 70.2 Å². The van der Waals surface area contributed by atoms with Crippen LogP contribution >= 0.6 is 0 Å². The molecule has 1 aromatic rings. The summed E-state index contributed by atoms with van der Waals surface area (Å²) >= 11 is 0. The first-order valence-corrected chi connectivity index (χ1v) is 5.84. The molecule has 0 aliphatic carbocycles. The van der Waals surface area contributed by atoms with Crippen molar-refractivity contribution in [2.75, 3.05) is 39.3 Å². The number of piperazine rings is 1. The maximum Gasteiger partial charge on any atom is 0.253 e. The Hall–Kier alpha value is -1.53. The number of aromatic nitrogens is 2. The van der Waals surface area contributed by atoms with Crippen molar-refractivity contribution in [3.05, 3.63) is 24.0 Å². The minimum atomic E-state index is -0.0879. The molecule has 0 atom stereocenters. The van der Waals surface area contributed by atoms with Crippen LogP contribution in [0.3, 0.4) is 0 Å². The van der Waals surface area contributed by atoms with Crippen LogP contribution in [0, 0.1) is 0 Å². The van der Waals surface area contributed by atoms with E-state index in [1.54, 1.807) is 6.07 Å². The number of hydrogen-bond donors (Lipinski definition) is 2. The molecule has 2 rings (SSSR count). The first kappa shape index (κ1) is 11.9. The number of amides is 1. The maximum atomic E-state index is 11.7. The van der Waals surface area contributed by atoms with Crippen molar-refractivity contribution in [1.29, 1.82) is 0 Å². The fourth-order valence-electron chi connectivity index (χ4n) is 1.79. The lowest BCUT2D eigenvalue weighted by atomic mass is 10.3. The summed E-state index contributed by atoms with van der Waals surface area (Å²) in [5, 5.41) is 13.5. The van der Waals surface area contributed by atoms with E-state index >= 15 is 0 Å². The van der Waals surface area contributed by atoms with Crippen molar-refractivity contribution in [2.24, 2.45) is 0 Å². The molecular weight excluding hydrogens is 218 g/mol. The van der Waals surface area contributed by atoms with Crippen molar-refractivity contribution < 1.29 is 4.79 Å². The second kappa shape index (κ2) is 6.27. The van der Waals surface area contributed by atoms with E-state index in [4.69, 9.17) is 0 Å². The van der Waals surface area contributed by atoms with Gasteiger partial charge in [0.25, 0.3) is 5.91 Å². The molecule has 2 heterocycles. The van der Waals surface area contributed by atoms with Crippen LogP contribution in [0.25, 0.3) is 0 Å². The summed E-state index contributed by atoms with van der Waals surface area (Å²) in [6.45, 7) is 5.72. The average molecular weight is 235 g/mol. The minimum Gasteiger partial charge on any atom is -0.351 e. The molecule has 1 fully saturated rings. The minimum absolute atomic E-state index is 0.0879. The Morgan fingerprint density at radius 3 is 2.94 bits per heavy atom. The van der Waals surface area contributed by atoms with E-state index in [9.17, 15) is 4.79 Å². The van der Waals surface area contributed by atoms with E-state index in [0.717, 1.165) is 32.7 Å². The van der Waals surface area contributed by atoms with Crippen molar-refractivity contribution in [1.82, 2.24) is 25.7 Å². The number of nitrogens with zero attached hydrogens (tertiary/aromatic N) is 3. The van der Waals surface area contributed by atoms with Gasteiger partial charge < -0.3 is 10.6 Å². The molecule has 2 N–H and O–H groups in total. The Labute approximate surface area is 100 Å². The molecule has 0 radical (unpaired) electrons. The Kier molecular flexibility index (Phi) is 4.40. The predicted octanol–water partition coefficient (Wildman–Crippen LogP) is -0.888. The standard InChI is InChI=1S/C11H17N5O/c17-11(10-1-2-14-15-9-10)13-5-8-16-6-3-12-4-7-16/h1-2,9,12H,3-8H2,(H,13,17). The molecule has 0 spiro atoms. The largest absolute Gasteiger partial charge is 0.351 e. The highest BCUT2D eigenvalue weighted by Crippen LogP contribution is 1.94. The van der Waals surface area contributed by atoms with Crippen LogP contribution in [0.5, 0.6) is 0 Å². The van der Waals surface area contributed by atoms with Gasteiger partial charge in [0.2, 0.25) is 0 Å². The highest BCUT2D eigenvalue weighted by molar-refractivity contribution is 5.93. The maximum absolute atomic E-state index is 11.7. The molecule has 1 aliphatic rings. The molecule has 1 amide bonds. The van der Waals surface area contributed by atoms with Crippen LogP contribution in [0.2, 0.25) is 0 Å². The molecule has 92 valence electrons. The molecule has 1 saturated heterocycles. The van der Waals surface area contributed by atoms with Crippen LogP contribution in [-0.4, -0.2) is 60.3 Å². The Morgan fingerprint density at radius 2 is 2.24 bits per heavy atom. The van der Waals surface area contributed by atoms with Crippen LogP contribution < -0.4 is 10.6 Å². The highest BCUT2D eigenvalue weighted by atomic mass is 16.1. The van der Waals surface area contributed by atoms with Gasteiger partial charge in [-0.1, -0.05) is 0 Å². The van der Waals surface area contributed by atoms with E-state index in [0.29, 0.717) is 12.1 Å². The summed E-state index contributed by atoms with van der Waals surface area (Å²) in [7, 11) is 0. The number of hydrogen-bond acceptors (Lipinski definition) is 5. The predicted molar refractivity (Wildman–Crippen MR) is 63.7 cm³/mol. The summed E-state index contributed by atoms with van der Waals surface area (Å²) in [6.07, 6.45) is 2.99. The average Bonchev–Trinajstić information content (AvgIpc) is 2.41. The van der Waals surface area contributed by atoms with Crippen LogP contribution in [0.1, 0.15) is 10.4 Å². The lowest BCUT2D eigenvalue weighted by Gasteiger charge is -2.27. The molecule has 6 nitrogen and oxygen atoms in total. The van der Waals surface area contributed by atoms with Gasteiger partial charge in [0.15, 0.2) is 0 Å². The Bertz CT molecular complexity index is 350. The SMILES string of the molecule is O=C(NCCN1CCNCC1)c1ccnnc1. The zero-order valence-electron chi connectivity index (χ0n) is 9.72. The number of rotatable bonds is 4.